The van der Waals surface area contributed by atoms with E-state index >= 15 is 0 Å². The second kappa shape index (κ2) is 4.78. The van der Waals surface area contributed by atoms with Gasteiger partial charge in [0.05, 0.1) is 12.7 Å². The molecule has 0 aliphatic heterocycles. The van der Waals surface area contributed by atoms with Crippen molar-refractivity contribution in [3.8, 4) is 0 Å². The Bertz CT molecular complexity index is 836. The molecule has 3 aromatic rings. The molecule has 6 nitrogen and oxygen atoms in total. The van der Waals surface area contributed by atoms with Gasteiger partial charge in [-0.1, -0.05) is 21.1 Å². The summed E-state index contributed by atoms with van der Waals surface area (Å²) in [6.07, 6.45) is 1.45. The Morgan fingerprint density at radius 3 is 2.90 bits per heavy atom. The van der Waals surface area contributed by atoms with Crippen molar-refractivity contribution in [3.63, 3.8) is 0 Å². The minimum Gasteiger partial charge on any atom is -0.267 e. The maximum Gasteiger partial charge on any atom is 0.281 e. The number of nitrogens with zero attached hydrogens (tertiary/aromatic N) is 5. The zero-order valence-electron chi connectivity index (χ0n) is 10.4. The second-order valence-electron chi connectivity index (χ2n) is 4.34. The van der Waals surface area contributed by atoms with Gasteiger partial charge >= 0.3 is 0 Å². The van der Waals surface area contributed by atoms with E-state index in [1.165, 1.54) is 27.7 Å². The van der Waals surface area contributed by atoms with Crippen LogP contribution < -0.4 is 5.56 Å². The van der Waals surface area contributed by atoms with Crippen LogP contribution >= 0.6 is 15.9 Å². The first-order chi connectivity index (χ1) is 9.54. The van der Waals surface area contributed by atoms with Crippen molar-refractivity contribution in [3.05, 3.63) is 50.6 Å². The lowest BCUT2D eigenvalue weighted by Gasteiger charge is -2.04. The third-order valence-corrected chi connectivity index (χ3v) is 3.33. The number of hydrogen-bond donors (Lipinski definition) is 0. The Hall–Kier alpha value is -2.09. The molecule has 0 amide bonds. The Morgan fingerprint density at radius 1 is 1.35 bits per heavy atom. The van der Waals surface area contributed by atoms with Gasteiger partial charge in [-0.25, -0.2) is 13.8 Å². The number of benzene rings is 1. The molecule has 0 N–H and O–H groups in total. The molecule has 2 aromatic heterocycles. The van der Waals surface area contributed by atoms with Crippen molar-refractivity contribution >= 4 is 27.0 Å². The predicted octanol–water partition coefficient (Wildman–Crippen LogP) is 1.47. The molecular formula is C12H9BrFN5O. The first-order valence-electron chi connectivity index (χ1n) is 5.75. The van der Waals surface area contributed by atoms with Crippen molar-refractivity contribution in [2.75, 3.05) is 0 Å². The van der Waals surface area contributed by atoms with Gasteiger partial charge in [0.25, 0.3) is 5.56 Å². The third-order valence-electron chi connectivity index (χ3n) is 2.87. The van der Waals surface area contributed by atoms with Gasteiger partial charge in [-0.05, 0) is 23.8 Å². The fraction of sp³-hybridized carbons (Fsp3) is 0.167. The SMILES string of the molecule is Cn1ncc2c(=O)n(Cc3cc(F)cc(Br)c3)nnc21. The van der Waals surface area contributed by atoms with Crippen LogP contribution in [0.1, 0.15) is 5.56 Å². The average molecular weight is 338 g/mol. The van der Waals surface area contributed by atoms with E-state index in [9.17, 15) is 9.18 Å². The zero-order valence-corrected chi connectivity index (χ0v) is 12.0. The number of hydrogen-bond acceptors (Lipinski definition) is 4. The Labute approximate surface area is 121 Å². The number of halogens is 2. The van der Waals surface area contributed by atoms with Crippen molar-refractivity contribution in [1.29, 1.82) is 0 Å². The molecule has 2 heterocycles. The fourth-order valence-electron chi connectivity index (χ4n) is 1.96. The summed E-state index contributed by atoms with van der Waals surface area (Å²) in [5, 5.41) is 12.2. The number of rotatable bonds is 2. The van der Waals surface area contributed by atoms with Crippen LogP contribution in [0.5, 0.6) is 0 Å². The molecule has 0 unspecified atom stereocenters. The lowest BCUT2D eigenvalue weighted by molar-refractivity contribution is 0.586. The van der Waals surface area contributed by atoms with Crippen molar-refractivity contribution in [1.82, 2.24) is 24.8 Å². The van der Waals surface area contributed by atoms with E-state index in [4.69, 9.17) is 0 Å². The normalized spacial score (nSPS) is 11.2. The topological polar surface area (TPSA) is 65.6 Å². The van der Waals surface area contributed by atoms with Crippen molar-refractivity contribution in [2.24, 2.45) is 7.05 Å². The van der Waals surface area contributed by atoms with Crippen LogP contribution in [0.2, 0.25) is 0 Å². The van der Waals surface area contributed by atoms with Crippen LogP contribution in [0.25, 0.3) is 11.0 Å². The minimum atomic E-state index is -0.377. The summed E-state index contributed by atoms with van der Waals surface area (Å²) in [4.78, 5) is 12.2. The van der Waals surface area contributed by atoms with Crippen molar-refractivity contribution in [2.45, 2.75) is 6.54 Å². The lowest BCUT2D eigenvalue weighted by Crippen LogP contribution is -2.24. The Kier molecular flexibility index (Phi) is 3.09. The predicted molar refractivity (Wildman–Crippen MR) is 73.8 cm³/mol. The number of fused-ring (bicyclic) bond motifs is 1. The van der Waals surface area contributed by atoms with E-state index in [0.29, 0.717) is 21.1 Å². The van der Waals surface area contributed by atoms with E-state index in [0.717, 1.165) is 0 Å². The Balaban J connectivity index is 2.06. The molecule has 0 spiro atoms. The minimum absolute atomic E-state index is 0.146. The smallest absolute Gasteiger partial charge is 0.267 e. The highest BCUT2D eigenvalue weighted by molar-refractivity contribution is 9.10. The summed E-state index contributed by atoms with van der Waals surface area (Å²) in [7, 11) is 1.68. The summed E-state index contributed by atoms with van der Waals surface area (Å²) in [5.41, 5.74) is 0.742. The van der Waals surface area contributed by atoms with Gasteiger partial charge in [0, 0.05) is 11.5 Å². The monoisotopic (exact) mass is 337 g/mol. The van der Waals surface area contributed by atoms with Crippen LogP contribution in [-0.4, -0.2) is 24.8 Å². The maximum atomic E-state index is 13.3. The van der Waals surface area contributed by atoms with Gasteiger partial charge in [-0.2, -0.15) is 5.10 Å². The lowest BCUT2D eigenvalue weighted by atomic mass is 10.2. The largest absolute Gasteiger partial charge is 0.281 e. The van der Waals surface area contributed by atoms with E-state index in [2.05, 4.69) is 31.3 Å². The summed E-state index contributed by atoms with van der Waals surface area (Å²) < 4.78 is 16.6. The van der Waals surface area contributed by atoms with E-state index < -0.39 is 0 Å². The third kappa shape index (κ3) is 2.22. The summed E-state index contributed by atoms with van der Waals surface area (Å²) in [5.74, 6) is -0.377. The maximum absolute atomic E-state index is 13.3. The van der Waals surface area contributed by atoms with Gasteiger partial charge in [-0.15, -0.1) is 5.10 Å². The van der Waals surface area contributed by atoms with E-state index in [-0.39, 0.29) is 17.9 Å². The zero-order chi connectivity index (χ0) is 14.3. The molecule has 1 aromatic carbocycles. The van der Waals surface area contributed by atoms with Gasteiger partial charge < -0.3 is 0 Å². The van der Waals surface area contributed by atoms with Crippen molar-refractivity contribution < 1.29 is 4.39 Å². The standard InChI is InChI=1S/C12H9BrFN5O/c1-18-11-10(5-15-18)12(20)19(17-16-11)6-7-2-8(13)4-9(14)3-7/h2-5H,6H2,1H3. The van der Waals surface area contributed by atoms with Gasteiger partial charge in [-0.3, -0.25) is 4.79 Å². The Morgan fingerprint density at radius 2 is 2.15 bits per heavy atom. The van der Waals surface area contributed by atoms with E-state index in [1.807, 2.05) is 0 Å². The van der Waals surface area contributed by atoms with Crippen LogP contribution in [0.15, 0.2) is 33.7 Å². The highest BCUT2D eigenvalue weighted by atomic mass is 79.9. The fourth-order valence-corrected chi connectivity index (χ4v) is 2.47. The first-order valence-corrected chi connectivity index (χ1v) is 6.54. The molecule has 0 saturated carbocycles. The van der Waals surface area contributed by atoms with Gasteiger partial charge in [0.15, 0.2) is 5.65 Å². The molecule has 0 atom stereocenters. The number of aryl methyl sites for hydroxylation is 1. The molecule has 3 rings (SSSR count). The summed E-state index contributed by atoms with van der Waals surface area (Å²) in [6.45, 7) is 0.146. The highest BCUT2D eigenvalue weighted by Crippen LogP contribution is 2.15. The molecule has 20 heavy (non-hydrogen) atoms. The molecular weight excluding hydrogens is 329 g/mol. The van der Waals surface area contributed by atoms with Crippen LogP contribution in [0.4, 0.5) is 4.39 Å². The second-order valence-corrected chi connectivity index (χ2v) is 5.25. The van der Waals surface area contributed by atoms with Crippen LogP contribution in [0, 0.1) is 5.82 Å². The van der Waals surface area contributed by atoms with Crippen LogP contribution in [-0.2, 0) is 13.6 Å². The molecule has 0 saturated heterocycles. The molecule has 102 valence electrons. The summed E-state index contributed by atoms with van der Waals surface area (Å²) >= 11 is 3.21. The average Bonchev–Trinajstić information content (AvgIpc) is 2.74. The summed E-state index contributed by atoms with van der Waals surface area (Å²) in [6, 6.07) is 4.43. The molecule has 0 radical (unpaired) electrons. The molecule has 0 bridgehead atoms. The number of aromatic nitrogens is 5. The highest BCUT2D eigenvalue weighted by Gasteiger charge is 2.10. The molecule has 8 heteroatoms. The molecule has 0 fully saturated rings. The van der Waals surface area contributed by atoms with Gasteiger partial charge in [0.1, 0.15) is 11.2 Å². The quantitative estimate of drug-likeness (QED) is 0.710. The molecule has 0 aliphatic carbocycles. The van der Waals surface area contributed by atoms with Crippen LogP contribution in [0.3, 0.4) is 0 Å². The first kappa shape index (κ1) is 12.9. The molecule has 0 aliphatic rings. The van der Waals surface area contributed by atoms with Gasteiger partial charge in [0.2, 0.25) is 0 Å². The van der Waals surface area contributed by atoms with E-state index in [1.54, 1.807) is 13.1 Å².